The van der Waals surface area contributed by atoms with Crippen molar-refractivity contribution in [2.24, 2.45) is 0 Å². The molecule has 1 saturated heterocycles. The van der Waals surface area contributed by atoms with Crippen molar-refractivity contribution in [2.45, 2.75) is 13.1 Å². The van der Waals surface area contributed by atoms with Crippen LogP contribution in [0, 0.1) is 0 Å². The molecule has 3 aromatic rings. The van der Waals surface area contributed by atoms with Crippen molar-refractivity contribution >= 4 is 35.9 Å². The van der Waals surface area contributed by atoms with Crippen molar-refractivity contribution in [3.8, 4) is 0 Å². The Morgan fingerprint density at radius 3 is 2.61 bits per heavy atom. The zero-order chi connectivity index (χ0) is 23.3. The molecule has 3 heterocycles. The van der Waals surface area contributed by atoms with Gasteiger partial charge in [0.05, 0.1) is 11.3 Å². The minimum atomic E-state index is -4.40. The normalized spacial score (nSPS) is 15.0. The number of anilines is 3. The topological polar surface area (TPSA) is 94.7 Å². The van der Waals surface area contributed by atoms with Crippen molar-refractivity contribution in [2.75, 3.05) is 36.4 Å². The molecule has 4 rings (SSSR count). The maximum absolute atomic E-state index is 13.0. The van der Waals surface area contributed by atoms with E-state index in [1.165, 1.54) is 6.07 Å². The van der Waals surface area contributed by atoms with E-state index >= 15 is 0 Å². The first-order valence-corrected chi connectivity index (χ1v) is 10.4. The van der Waals surface area contributed by atoms with Crippen LogP contribution >= 0.6 is 0 Å². The van der Waals surface area contributed by atoms with Gasteiger partial charge in [-0.15, -0.1) is 0 Å². The molecule has 0 unspecified atom stereocenters. The van der Waals surface area contributed by atoms with Crippen molar-refractivity contribution < 1.29 is 13.2 Å². The summed E-state index contributed by atoms with van der Waals surface area (Å²) in [6, 6.07) is 6.90. The number of alkyl halides is 3. The average Bonchev–Trinajstić information content (AvgIpc) is 3.25. The molecule has 0 radical (unpaired) electrons. The molecule has 172 valence electrons. The summed E-state index contributed by atoms with van der Waals surface area (Å²) in [5.74, 6) is 1.64. The summed E-state index contributed by atoms with van der Waals surface area (Å²) in [4.78, 5) is 15.5. The number of rotatable bonds is 6. The maximum atomic E-state index is 13.0. The molecule has 0 amide bonds. The van der Waals surface area contributed by atoms with E-state index in [1.807, 2.05) is 30.0 Å². The fourth-order valence-corrected chi connectivity index (χ4v) is 3.29. The highest BCUT2D eigenvalue weighted by molar-refractivity contribution is 5.68. The Labute approximate surface area is 188 Å². The van der Waals surface area contributed by atoms with Crippen LogP contribution in [0.2, 0.25) is 0 Å². The Balaban J connectivity index is 1.63. The van der Waals surface area contributed by atoms with E-state index in [-0.39, 0.29) is 0 Å². The Morgan fingerprint density at radius 1 is 1.03 bits per heavy atom. The smallest absolute Gasteiger partial charge is 0.338 e. The molecule has 1 aliphatic rings. The van der Waals surface area contributed by atoms with E-state index in [2.05, 4.69) is 35.8 Å². The predicted octanol–water partition coefficient (Wildman–Crippen LogP) is 3.97. The number of benzene rings is 1. The van der Waals surface area contributed by atoms with E-state index in [0.717, 1.165) is 44.0 Å². The molecule has 0 spiro atoms. The summed E-state index contributed by atoms with van der Waals surface area (Å²) in [5, 5.41) is 13.4. The fraction of sp³-hybridized carbons (Fsp3) is 0.273. The van der Waals surface area contributed by atoms with Crippen molar-refractivity contribution in [1.82, 2.24) is 30.5 Å². The predicted molar refractivity (Wildman–Crippen MR) is 122 cm³/mol. The van der Waals surface area contributed by atoms with Crippen LogP contribution in [0.3, 0.4) is 0 Å². The Bertz CT molecular complexity index is 1150. The highest BCUT2D eigenvalue weighted by Gasteiger charge is 2.30. The van der Waals surface area contributed by atoms with Gasteiger partial charge in [-0.25, -0.2) is 0 Å². The van der Waals surface area contributed by atoms with Crippen molar-refractivity contribution in [3.05, 3.63) is 59.1 Å². The standard InChI is InChI=1S/C22H23F3N8/c1-2-4-17-14-19(32-31-17)28-20-27-18(29-21(30-20)33-11-9-26-10-12-33)8-7-15-5-3-6-16(13-15)22(23,24)25/h2-8,13-14,26H,9-12H2,1H3,(H2,27,28,29,30,31,32)/b4-2+,8-7+. The lowest BCUT2D eigenvalue weighted by Crippen LogP contribution is -2.44. The molecule has 3 N–H and O–H groups in total. The average molecular weight is 456 g/mol. The summed E-state index contributed by atoms with van der Waals surface area (Å²) < 4.78 is 39.0. The molecule has 0 atom stereocenters. The van der Waals surface area contributed by atoms with Gasteiger partial charge in [0.25, 0.3) is 0 Å². The van der Waals surface area contributed by atoms with Crippen LogP contribution in [0.15, 0.2) is 36.4 Å². The third-order valence-corrected chi connectivity index (χ3v) is 4.86. The number of aromatic amines is 1. The Kier molecular flexibility index (Phi) is 6.68. The third kappa shape index (κ3) is 5.95. The van der Waals surface area contributed by atoms with Gasteiger partial charge in [0.15, 0.2) is 11.6 Å². The zero-order valence-electron chi connectivity index (χ0n) is 17.9. The first kappa shape index (κ1) is 22.5. The van der Waals surface area contributed by atoms with Gasteiger partial charge in [-0.3, -0.25) is 5.10 Å². The van der Waals surface area contributed by atoms with E-state index < -0.39 is 11.7 Å². The van der Waals surface area contributed by atoms with Crippen LogP contribution in [0.5, 0.6) is 0 Å². The number of aromatic nitrogens is 5. The van der Waals surface area contributed by atoms with Gasteiger partial charge >= 0.3 is 6.18 Å². The Hall–Kier alpha value is -3.73. The van der Waals surface area contributed by atoms with Gasteiger partial charge in [0.2, 0.25) is 11.9 Å². The first-order valence-electron chi connectivity index (χ1n) is 10.4. The molecule has 1 aromatic carbocycles. The molecular formula is C22H23F3N8. The minimum Gasteiger partial charge on any atom is -0.338 e. The monoisotopic (exact) mass is 456 g/mol. The number of halogens is 3. The number of nitrogens with zero attached hydrogens (tertiary/aromatic N) is 5. The number of hydrogen-bond donors (Lipinski definition) is 3. The van der Waals surface area contributed by atoms with E-state index in [9.17, 15) is 13.2 Å². The molecule has 8 nitrogen and oxygen atoms in total. The first-order chi connectivity index (χ1) is 15.9. The highest BCUT2D eigenvalue weighted by Crippen LogP contribution is 2.30. The number of piperazine rings is 1. The van der Waals surface area contributed by atoms with Crippen LogP contribution in [-0.2, 0) is 6.18 Å². The number of nitrogens with one attached hydrogen (secondary N) is 3. The lowest BCUT2D eigenvalue weighted by molar-refractivity contribution is -0.137. The number of allylic oxidation sites excluding steroid dienone is 1. The lowest BCUT2D eigenvalue weighted by Gasteiger charge is -2.27. The second-order valence-corrected chi connectivity index (χ2v) is 7.34. The maximum Gasteiger partial charge on any atom is 0.416 e. The van der Waals surface area contributed by atoms with Crippen molar-refractivity contribution in [1.29, 1.82) is 0 Å². The van der Waals surface area contributed by atoms with E-state index in [1.54, 1.807) is 18.2 Å². The summed E-state index contributed by atoms with van der Waals surface area (Å²) >= 11 is 0. The molecule has 33 heavy (non-hydrogen) atoms. The van der Waals surface area contributed by atoms with Gasteiger partial charge in [0, 0.05) is 32.2 Å². The summed E-state index contributed by atoms with van der Waals surface area (Å²) in [5.41, 5.74) is 0.507. The molecule has 11 heteroatoms. The SMILES string of the molecule is C/C=C/c1cc(Nc2nc(/C=C/c3cccc(C(F)(F)F)c3)nc(N3CCNCC3)n2)n[nH]1. The number of H-pyrrole nitrogens is 1. The van der Waals surface area contributed by atoms with Crippen LogP contribution in [0.25, 0.3) is 18.2 Å². The summed E-state index contributed by atoms with van der Waals surface area (Å²) in [6.07, 6.45) is 2.48. The summed E-state index contributed by atoms with van der Waals surface area (Å²) in [7, 11) is 0. The third-order valence-electron chi connectivity index (χ3n) is 4.86. The fourth-order valence-electron chi connectivity index (χ4n) is 3.29. The number of hydrogen-bond acceptors (Lipinski definition) is 7. The lowest BCUT2D eigenvalue weighted by atomic mass is 10.1. The second-order valence-electron chi connectivity index (χ2n) is 7.34. The molecule has 2 aromatic heterocycles. The molecule has 1 fully saturated rings. The summed E-state index contributed by atoms with van der Waals surface area (Å²) in [6.45, 7) is 4.97. The largest absolute Gasteiger partial charge is 0.416 e. The Morgan fingerprint density at radius 2 is 1.85 bits per heavy atom. The van der Waals surface area contributed by atoms with Gasteiger partial charge < -0.3 is 15.5 Å². The van der Waals surface area contributed by atoms with E-state index in [0.29, 0.717) is 29.1 Å². The molecule has 0 bridgehead atoms. The van der Waals surface area contributed by atoms with Crippen LogP contribution in [-0.4, -0.2) is 51.3 Å². The van der Waals surface area contributed by atoms with Gasteiger partial charge in [-0.2, -0.15) is 33.2 Å². The van der Waals surface area contributed by atoms with Crippen LogP contribution < -0.4 is 15.5 Å². The van der Waals surface area contributed by atoms with Crippen molar-refractivity contribution in [3.63, 3.8) is 0 Å². The highest BCUT2D eigenvalue weighted by atomic mass is 19.4. The molecule has 0 saturated carbocycles. The minimum absolute atomic E-state index is 0.292. The van der Waals surface area contributed by atoms with E-state index in [4.69, 9.17) is 0 Å². The van der Waals surface area contributed by atoms with Gasteiger partial charge in [-0.1, -0.05) is 24.3 Å². The van der Waals surface area contributed by atoms with Crippen LogP contribution in [0.1, 0.15) is 29.6 Å². The molecule has 1 aliphatic heterocycles. The van der Waals surface area contributed by atoms with Crippen LogP contribution in [0.4, 0.5) is 30.9 Å². The quantitative estimate of drug-likeness (QED) is 0.517. The molecular weight excluding hydrogens is 433 g/mol. The van der Waals surface area contributed by atoms with Gasteiger partial charge in [-0.05, 0) is 36.8 Å². The van der Waals surface area contributed by atoms with Gasteiger partial charge in [0.1, 0.15) is 0 Å². The molecule has 0 aliphatic carbocycles. The second kappa shape index (κ2) is 9.82. The zero-order valence-corrected chi connectivity index (χ0v) is 17.9.